The molecule has 1 rings (SSSR count). The Labute approximate surface area is 101 Å². The first-order chi connectivity index (χ1) is 8.19. The zero-order chi connectivity index (χ0) is 12.7. The van der Waals surface area contributed by atoms with Crippen molar-refractivity contribution < 1.29 is 14.6 Å². The van der Waals surface area contributed by atoms with Crippen LogP contribution in [0.1, 0.15) is 17.2 Å². The van der Waals surface area contributed by atoms with Crippen molar-refractivity contribution in [3.8, 4) is 0 Å². The Balaban J connectivity index is 2.88. The predicted molar refractivity (Wildman–Crippen MR) is 65.7 cm³/mol. The summed E-state index contributed by atoms with van der Waals surface area (Å²) in [7, 11) is 1.61. The van der Waals surface area contributed by atoms with Crippen LogP contribution in [-0.4, -0.2) is 24.7 Å². The molecular formula is C13H17NO3. The van der Waals surface area contributed by atoms with Gasteiger partial charge < -0.3 is 9.84 Å². The number of benzene rings is 1. The molecule has 1 unspecified atom stereocenters. The number of hydrogen-bond acceptors (Lipinski definition) is 3. The Hall–Kier alpha value is -1.65. The van der Waals surface area contributed by atoms with Crippen molar-refractivity contribution in [3.05, 3.63) is 48.0 Å². The standard InChI is InChI=1S/C13H17NO3/c1-3-7-14-12(13(15)16)11-6-4-5-10(8-11)9-17-2/h3-6,8,12,14H,1,7,9H2,2H3,(H,15,16). The summed E-state index contributed by atoms with van der Waals surface area (Å²) in [6.07, 6.45) is 1.63. The van der Waals surface area contributed by atoms with Gasteiger partial charge in [0.25, 0.3) is 0 Å². The minimum absolute atomic E-state index is 0.450. The van der Waals surface area contributed by atoms with Crippen molar-refractivity contribution in [1.29, 1.82) is 0 Å². The first-order valence-electron chi connectivity index (χ1n) is 5.34. The lowest BCUT2D eigenvalue weighted by Gasteiger charge is -2.14. The molecule has 0 bridgehead atoms. The SMILES string of the molecule is C=CCNC(C(=O)O)c1cccc(COC)c1. The highest BCUT2D eigenvalue weighted by Crippen LogP contribution is 2.15. The summed E-state index contributed by atoms with van der Waals surface area (Å²) in [6, 6.07) is 6.63. The fraction of sp³-hybridized carbons (Fsp3) is 0.308. The van der Waals surface area contributed by atoms with Crippen LogP contribution < -0.4 is 5.32 Å². The number of carboxylic acid groups (broad SMARTS) is 1. The lowest BCUT2D eigenvalue weighted by Crippen LogP contribution is -2.28. The van der Waals surface area contributed by atoms with E-state index in [4.69, 9.17) is 9.84 Å². The van der Waals surface area contributed by atoms with Gasteiger partial charge in [0.05, 0.1) is 6.61 Å². The van der Waals surface area contributed by atoms with E-state index in [1.54, 1.807) is 19.3 Å². The van der Waals surface area contributed by atoms with E-state index in [1.807, 2.05) is 18.2 Å². The third kappa shape index (κ3) is 4.01. The second-order valence-corrected chi connectivity index (χ2v) is 3.65. The van der Waals surface area contributed by atoms with Gasteiger partial charge >= 0.3 is 5.97 Å². The first-order valence-corrected chi connectivity index (χ1v) is 5.34. The van der Waals surface area contributed by atoms with Gasteiger partial charge in [-0.05, 0) is 11.1 Å². The van der Waals surface area contributed by atoms with Crippen LogP contribution >= 0.6 is 0 Å². The number of carboxylic acids is 1. The van der Waals surface area contributed by atoms with E-state index >= 15 is 0 Å². The smallest absolute Gasteiger partial charge is 0.325 e. The molecule has 0 radical (unpaired) electrons. The van der Waals surface area contributed by atoms with Gasteiger partial charge in [-0.15, -0.1) is 6.58 Å². The van der Waals surface area contributed by atoms with E-state index in [-0.39, 0.29) is 0 Å². The fourth-order valence-corrected chi connectivity index (χ4v) is 1.58. The Bertz CT molecular complexity index is 390. The Morgan fingerprint density at radius 2 is 2.41 bits per heavy atom. The van der Waals surface area contributed by atoms with Crippen molar-refractivity contribution in [2.45, 2.75) is 12.6 Å². The Morgan fingerprint density at radius 3 is 3.00 bits per heavy atom. The number of methoxy groups -OCH3 is 1. The van der Waals surface area contributed by atoms with Crippen LogP contribution in [0.3, 0.4) is 0 Å². The molecule has 0 aromatic heterocycles. The van der Waals surface area contributed by atoms with Gasteiger partial charge in [0.15, 0.2) is 0 Å². The van der Waals surface area contributed by atoms with E-state index < -0.39 is 12.0 Å². The van der Waals surface area contributed by atoms with E-state index in [0.29, 0.717) is 18.7 Å². The van der Waals surface area contributed by atoms with Crippen molar-refractivity contribution in [2.24, 2.45) is 0 Å². The molecule has 2 N–H and O–H groups in total. The molecule has 4 nitrogen and oxygen atoms in total. The van der Waals surface area contributed by atoms with E-state index in [2.05, 4.69) is 11.9 Å². The van der Waals surface area contributed by atoms with Gasteiger partial charge in [0.2, 0.25) is 0 Å². The Kier molecular flexibility index (Phi) is 5.39. The fourth-order valence-electron chi connectivity index (χ4n) is 1.58. The molecule has 1 aromatic carbocycles. The van der Waals surface area contributed by atoms with E-state index in [1.165, 1.54) is 0 Å². The van der Waals surface area contributed by atoms with Gasteiger partial charge in [-0.3, -0.25) is 10.1 Å². The second kappa shape index (κ2) is 6.83. The third-order valence-electron chi connectivity index (χ3n) is 2.31. The molecule has 0 aliphatic rings. The van der Waals surface area contributed by atoms with Crippen LogP contribution in [0, 0.1) is 0 Å². The van der Waals surface area contributed by atoms with Gasteiger partial charge in [0, 0.05) is 13.7 Å². The van der Waals surface area contributed by atoms with Crippen molar-refractivity contribution >= 4 is 5.97 Å². The molecule has 92 valence electrons. The van der Waals surface area contributed by atoms with Crippen LogP contribution in [0.25, 0.3) is 0 Å². The molecule has 0 saturated carbocycles. The average molecular weight is 235 g/mol. The zero-order valence-corrected chi connectivity index (χ0v) is 9.85. The number of nitrogens with one attached hydrogen (secondary N) is 1. The van der Waals surface area contributed by atoms with Crippen LogP contribution in [0.4, 0.5) is 0 Å². The van der Waals surface area contributed by atoms with Crippen LogP contribution in [-0.2, 0) is 16.1 Å². The molecule has 0 fully saturated rings. The summed E-state index contributed by atoms with van der Waals surface area (Å²) < 4.78 is 5.02. The second-order valence-electron chi connectivity index (χ2n) is 3.65. The van der Waals surface area contributed by atoms with Crippen LogP contribution in [0.15, 0.2) is 36.9 Å². The molecule has 1 aromatic rings. The molecule has 0 saturated heterocycles. The number of aliphatic carboxylic acids is 1. The summed E-state index contributed by atoms with van der Waals surface area (Å²) in [6.45, 7) is 4.48. The lowest BCUT2D eigenvalue weighted by atomic mass is 10.0. The monoisotopic (exact) mass is 235 g/mol. The highest BCUT2D eigenvalue weighted by Gasteiger charge is 2.18. The van der Waals surface area contributed by atoms with E-state index in [0.717, 1.165) is 5.56 Å². The lowest BCUT2D eigenvalue weighted by molar-refractivity contribution is -0.139. The molecule has 0 amide bonds. The van der Waals surface area contributed by atoms with Gasteiger partial charge in [0.1, 0.15) is 6.04 Å². The highest BCUT2D eigenvalue weighted by atomic mass is 16.5. The summed E-state index contributed by atoms with van der Waals surface area (Å²) in [5.74, 6) is -0.901. The normalized spacial score (nSPS) is 12.1. The van der Waals surface area contributed by atoms with E-state index in [9.17, 15) is 4.79 Å². The summed E-state index contributed by atoms with van der Waals surface area (Å²) in [5, 5.41) is 12.0. The van der Waals surface area contributed by atoms with Crippen LogP contribution in [0.5, 0.6) is 0 Å². The minimum Gasteiger partial charge on any atom is -0.480 e. The zero-order valence-electron chi connectivity index (χ0n) is 9.85. The Morgan fingerprint density at radius 1 is 1.65 bits per heavy atom. The molecule has 0 aliphatic carbocycles. The first kappa shape index (κ1) is 13.4. The largest absolute Gasteiger partial charge is 0.480 e. The molecule has 4 heteroatoms. The topological polar surface area (TPSA) is 58.6 Å². The highest BCUT2D eigenvalue weighted by molar-refractivity contribution is 5.75. The quantitative estimate of drug-likeness (QED) is 0.707. The number of rotatable bonds is 7. The molecule has 0 heterocycles. The van der Waals surface area contributed by atoms with Gasteiger partial charge in [-0.2, -0.15) is 0 Å². The molecule has 17 heavy (non-hydrogen) atoms. The van der Waals surface area contributed by atoms with Crippen molar-refractivity contribution in [2.75, 3.05) is 13.7 Å². The predicted octanol–water partition coefficient (Wildman–Crippen LogP) is 1.73. The minimum atomic E-state index is -0.901. The third-order valence-corrected chi connectivity index (χ3v) is 2.31. The van der Waals surface area contributed by atoms with Crippen LogP contribution in [0.2, 0.25) is 0 Å². The summed E-state index contributed by atoms with van der Waals surface area (Å²) >= 11 is 0. The molecule has 0 aliphatic heterocycles. The maximum absolute atomic E-state index is 11.1. The molecular weight excluding hydrogens is 218 g/mol. The maximum Gasteiger partial charge on any atom is 0.325 e. The maximum atomic E-state index is 11.1. The van der Waals surface area contributed by atoms with Crippen molar-refractivity contribution in [3.63, 3.8) is 0 Å². The molecule has 1 atom stereocenters. The average Bonchev–Trinajstić information content (AvgIpc) is 2.30. The number of carbonyl (C=O) groups is 1. The number of ether oxygens (including phenoxy) is 1. The van der Waals surface area contributed by atoms with Crippen molar-refractivity contribution in [1.82, 2.24) is 5.32 Å². The van der Waals surface area contributed by atoms with Gasteiger partial charge in [-0.25, -0.2) is 0 Å². The molecule has 0 spiro atoms. The number of hydrogen-bond donors (Lipinski definition) is 2. The van der Waals surface area contributed by atoms with Gasteiger partial charge in [-0.1, -0.05) is 30.3 Å². The summed E-state index contributed by atoms with van der Waals surface area (Å²) in [5.41, 5.74) is 1.67. The summed E-state index contributed by atoms with van der Waals surface area (Å²) in [4.78, 5) is 11.1.